The molecule has 0 saturated carbocycles. The number of carbonyl (C=O) groups is 1. The molecule has 1 aromatic carbocycles. The number of amides is 1. The third kappa shape index (κ3) is 2.52. The first-order valence-electron chi connectivity index (χ1n) is 6.40. The van der Waals surface area contributed by atoms with E-state index < -0.39 is 0 Å². The van der Waals surface area contributed by atoms with Gasteiger partial charge in [0.1, 0.15) is 0 Å². The summed E-state index contributed by atoms with van der Waals surface area (Å²) in [4.78, 5) is 14.4. The molecule has 1 amide bonds. The van der Waals surface area contributed by atoms with Gasteiger partial charge in [-0.1, -0.05) is 30.7 Å². The number of benzene rings is 1. The molecule has 1 aliphatic rings. The van der Waals surface area contributed by atoms with E-state index in [1.54, 1.807) is 12.1 Å². The molecular weight excluding hydrogens is 248 g/mol. The molecule has 2 rings (SSSR count). The van der Waals surface area contributed by atoms with Crippen molar-refractivity contribution in [1.82, 2.24) is 4.90 Å². The molecule has 0 aromatic heterocycles. The van der Waals surface area contributed by atoms with E-state index in [0.29, 0.717) is 23.0 Å². The number of carbonyl (C=O) groups excluding carboxylic acids is 1. The zero-order valence-corrected chi connectivity index (χ0v) is 11.4. The number of likely N-dealkylation sites (tertiary alicyclic amines) is 1. The van der Waals surface area contributed by atoms with Crippen LogP contribution in [-0.2, 0) is 0 Å². The Labute approximate surface area is 113 Å². The molecule has 98 valence electrons. The molecule has 2 N–H and O–H groups in total. The Balaban J connectivity index is 2.25. The molecule has 0 bridgehead atoms. The highest BCUT2D eigenvalue weighted by Gasteiger charge is 2.31. The topological polar surface area (TPSA) is 46.3 Å². The van der Waals surface area contributed by atoms with Crippen LogP contribution in [0.4, 0.5) is 0 Å². The van der Waals surface area contributed by atoms with E-state index in [-0.39, 0.29) is 11.9 Å². The van der Waals surface area contributed by atoms with Gasteiger partial charge in [0.25, 0.3) is 5.91 Å². The maximum Gasteiger partial charge on any atom is 0.255 e. The van der Waals surface area contributed by atoms with Crippen molar-refractivity contribution in [2.45, 2.75) is 25.8 Å². The maximum atomic E-state index is 12.5. The highest BCUT2D eigenvalue weighted by Crippen LogP contribution is 2.26. The first-order chi connectivity index (χ1) is 8.65. The highest BCUT2D eigenvalue weighted by molar-refractivity contribution is 6.33. The monoisotopic (exact) mass is 266 g/mol. The Morgan fingerprint density at radius 3 is 2.89 bits per heavy atom. The van der Waals surface area contributed by atoms with E-state index >= 15 is 0 Å². The summed E-state index contributed by atoms with van der Waals surface area (Å²) in [5.74, 6) is 0.456. The van der Waals surface area contributed by atoms with E-state index in [2.05, 4.69) is 6.92 Å². The molecular formula is C14H19ClN2O. The van der Waals surface area contributed by atoms with Crippen LogP contribution < -0.4 is 5.73 Å². The predicted molar refractivity (Wildman–Crippen MR) is 73.7 cm³/mol. The first kappa shape index (κ1) is 13.4. The number of rotatable bonds is 2. The van der Waals surface area contributed by atoms with Gasteiger partial charge in [0, 0.05) is 19.1 Å². The van der Waals surface area contributed by atoms with E-state index in [0.717, 1.165) is 19.4 Å². The highest BCUT2D eigenvalue weighted by atomic mass is 35.5. The van der Waals surface area contributed by atoms with Crippen LogP contribution in [0.5, 0.6) is 0 Å². The molecule has 2 atom stereocenters. The van der Waals surface area contributed by atoms with Crippen molar-refractivity contribution in [3.8, 4) is 0 Å². The lowest BCUT2D eigenvalue weighted by atomic mass is 9.90. The van der Waals surface area contributed by atoms with Crippen LogP contribution in [0.1, 0.15) is 30.1 Å². The van der Waals surface area contributed by atoms with Gasteiger partial charge in [-0.3, -0.25) is 4.79 Å². The molecule has 1 aromatic rings. The Bertz CT molecular complexity index is 436. The molecule has 3 nitrogen and oxygen atoms in total. The quantitative estimate of drug-likeness (QED) is 0.894. The Morgan fingerprint density at radius 2 is 2.22 bits per heavy atom. The van der Waals surface area contributed by atoms with Crippen LogP contribution in [0, 0.1) is 5.92 Å². The van der Waals surface area contributed by atoms with Crippen molar-refractivity contribution in [2.75, 3.05) is 13.1 Å². The summed E-state index contributed by atoms with van der Waals surface area (Å²) in [6, 6.07) is 7.32. The molecule has 0 aliphatic carbocycles. The molecule has 1 saturated heterocycles. The number of piperidine rings is 1. The van der Waals surface area contributed by atoms with Gasteiger partial charge in [0.15, 0.2) is 0 Å². The third-order valence-electron chi connectivity index (χ3n) is 3.72. The molecule has 0 radical (unpaired) electrons. The largest absolute Gasteiger partial charge is 0.334 e. The first-order valence-corrected chi connectivity index (χ1v) is 6.78. The fourth-order valence-corrected chi connectivity index (χ4v) is 2.87. The number of halogens is 1. The summed E-state index contributed by atoms with van der Waals surface area (Å²) in [5, 5.41) is 0.511. The van der Waals surface area contributed by atoms with Crippen LogP contribution in [0.15, 0.2) is 24.3 Å². The standard InChI is InChI=1S/C14H19ClN2O/c1-10-5-4-8-17(13(10)9-16)14(18)11-6-2-3-7-12(11)15/h2-3,6-7,10,13H,4-5,8-9,16H2,1H3/t10-,13+/m0/s1. The average molecular weight is 267 g/mol. The van der Waals surface area contributed by atoms with Gasteiger partial charge in [-0.05, 0) is 30.9 Å². The number of hydrogen-bond donors (Lipinski definition) is 1. The fraction of sp³-hybridized carbons (Fsp3) is 0.500. The third-order valence-corrected chi connectivity index (χ3v) is 4.05. The Hall–Kier alpha value is -1.06. The van der Waals surface area contributed by atoms with Crippen molar-refractivity contribution in [3.63, 3.8) is 0 Å². The number of nitrogens with zero attached hydrogens (tertiary/aromatic N) is 1. The minimum absolute atomic E-state index is 0.00241. The fourth-order valence-electron chi connectivity index (χ4n) is 2.65. The van der Waals surface area contributed by atoms with E-state index in [1.165, 1.54) is 0 Å². The zero-order chi connectivity index (χ0) is 13.1. The van der Waals surface area contributed by atoms with Crippen molar-refractivity contribution < 1.29 is 4.79 Å². The summed E-state index contributed by atoms with van der Waals surface area (Å²) < 4.78 is 0. The smallest absolute Gasteiger partial charge is 0.255 e. The average Bonchev–Trinajstić information content (AvgIpc) is 2.38. The molecule has 18 heavy (non-hydrogen) atoms. The van der Waals surface area contributed by atoms with Crippen molar-refractivity contribution >= 4 is 17.5 Å². The minimum Gasteiger partial charge on any atom is -0.334 e. The zero-order valence-electron chi connectivity index (χ0n) is 10.6. The van der Waals surface area contributed by atoms with Gasteiger partial charge in [-0.25, -0.2) is 0 Å². The van der Waals surface area contributed by atoms with Gasteiger partial charge in [0.05, 0.1) is 10.6 Å². The second-order valence-corrected chi connectivity index (χ2v) is 5.31. The van der Waals surface area contributed by atoms with Crippen LogP contribution in [-0.4, -0.2) is 29.9 Å². The lowest BCUT2D eigenvalue weighted by molar-refractivity contribution is 0.0533. The number of hydrogen-bond acceptors (Lipinski definition) is 2. The van der Waals surface area contributed by atoms with Gasteiger partial charge in [0.2, 0.25) is 0 Å². The van der Waals surface area contributed by atoms with Crippen LogP contribution in [0.2, 0.25) is 5.02 Å². The Morgan fingerprint density at radius 1 is 1.50 bits per heavy atom. The molecule has 1 aliphatic heterocycles. The summed E-state index contributed by atoms with van der Waals surface area (Å²) in [6.07, 6.45) is 2.17. The van der Waals surface area contributed by atoms with Crippen LogP contribution in [0.3, 0.4) is 0 Å². The molecule has 0 spiro atoms. The molecule has 1 fully saturated rings. The van der Waals surface area contributed by atoms with Crippen molar-refractivity contribution in [3.05, 3.63) is 34.9 Å². The predicted octanol–water partition coefficient (Wildman–Crippen LogP) is 2.54. The molecule has 1 heterocycles. The lowest BCUT2D eigenvalue weighted by Crippen LogP contribution is -2.51. The molecule has 4 heteroatoms. The summed E-state index contributed by atoms with van der Waals surface area (Å²) in [5.41, 5.74) is 6.39. The van der Waals surface area contributed by atoms with Crippen molar-refractivity contribution in [2.24, 2.45) is 11.7 Å². The number of nitrogens with two attached hydrogens (primary N) is 1. The second kappa shape index (κ2) is 5.72. The van der Waals surface area contributed by atoms with Gasteiger partial charge in [-0.2, -0.15) is 0 Å². The van der Waals surface area contributed by atoms with E-state index in [4.69, 9.17) is 17.3 Å². The van der Waals surface area contributed by atoms with E-state index in [1.807, 2.05) is 17.0 Å². The minimum atomic E-state index is 0.00241. The Kier molecular flexibility index (Phi) is 4.25. The lowest BCUT2D eigenvalue weighted by Gasteiger charge is -2.39. The van der Waals surface area contributed by atoms with Crippen LogP contribution in [0.25, 0.3) is 0 Å². The summed E-state index contributed by atoms with van der Waals surface area (Å²) in [7, 11) is 0. The van der Waals surface area contributed by atoms with Gasteiger partial charge >= 0.3 is 0 Å². The maximum absolute atomic E-state index is 12.5. The van der Waals surface area contributed by atoms with Crippen molar-refractivity contribution in [1.29, 1.82) is 0 Å². The molecule has 0 unspecified atom stereocenters. The summed E-state index contributed by atoms with van der Waals surface area (Å²) >= 11 is 6.09. The van der Waals surface area contributed by atoms with Gasteiger partial charge < -0.3 is 10.6 Å². The SMILES string of the molecule is C[C@H]1CCCN(C(=O)c2ccccc2Cl)[C@@H]1CN. The van der Waals surface area contributed by atoms with E-state index in [9.17, 15) is 4.79 Å². The summed E-state index contributed by atoms with van der Waals surface area (Å²) in [6.45, 7) is 3.44. The van der Waals surface area contributed by atoms with Crippen LogP contribution >= 0.6 is 11.6 Å². The van der Waals surface area contributed by atoms with Gasteiger partial charge in [-0.15, -0.1) is 0 Å². The second-order valence-electron chi connectivity index (χ2n) is 4.90. The normalized spacial score (nSPS) is 24.1.